The van der Waals surface area contributed by atoms with Gasteiger partial charge in [0.2, 0.25) is 0 Å². The second kappa shape index (κ2) is 4.73. The summed E-state index contributed by atoms with van der Waals surface area (Å²) < 4.78 is 0. The SMILES string of the molecule is Cc1cccnc1Nc1ccc(Cl)cc1Cl. The first-order valence-corrected chi connectivity index (χ1v) is 5.56. The van der Waals surface area contributed by atoms with Crippen molar-refractivity contribution in [3.8, 4) is 0 Å². The molecule has 1 aromatic heterocycles. The number of nitrogens with zero attached hydrogens (tertiary/aromatic N) is 1. The maximum atomic E-state index is 6.06. The van der Waals surface area contributed by atoms with Crippen molar-refractivity contribution >= 4 is 34.7 Å². The van der Waals surface area contributed by atoms with E-state index < -0.39 is 0 Å². The van der Waals surface area contributed by atoms with E-state index in [1.807, 2.05) is 25.1 Å². The lowest BCUT2D eigenvalue weighted by atomic mass is 10.2. The lowest BCUT2D eigenvalue weighted by molar-refractivity contribution is 1.26. The highest BCUT2D eigenvalue weighted by molar-refractivity contribution is 6.36. The number of aromatic nitrogens is 1. The van der Waals surface area contributed by atoms with Crippen LogP contribution in [0.5, 0.6) is 0 Å². The minimum absolute atomic E-state index is 0.581. The van der Waals surface area contributed by atoms with Crippen molar-refractivity contribution in [3.05, 3.63) is 52.1 Å². The number of anilines is 2. The number of rotatable bonds is 2. The molecule has 1 heterocycles. The molecule has 0 amide bonds. The van der Waals surface area contributed by atoms with E-state index in [9.17, 15) is 0 Å². The standard InChI is InChI=1S/C12H10Cl2N2/c1-8-3-2-6-15-12(8)16-11-5-4-9(13)7-10(11)14/h2-7H,1H3,(H,15,16). The number of nitrogens with one attached hydrogen (secondary N) is 1. The lowest BCUT2D eigenvalue weighted by Gasteiger charge is -2.09. The molecule has 0 aliphatic rings. The predicted octanol–water partition coefficient (Wildman–Crippen LogP) is 4.44. The lowest BCUT2D eigenvalue weighted by Crippen LogP contribution is -1.96. The normalized spacial score (nSPS) is 10.2. The molecule has 82 valence electrons. The van der Waals surface area contributed by atoms with Crippen molar-refractivity contribution in [3.63, 3.8) is 0 Å². The van der Waals surface area contributed by atoms with Crippen LogP contribution in [-0.4, -0.2) is 4.98 Å². The molecule has 0 radical (unpaired) electrons. The number of hydrogen-bond donors (Lipinski definition) is 1. The maximum Gasteiger partial charge on any atom is 0.133 e. The van der Waals surface area contributed by atoms with E-state index in [-0.39, 0.29) is 0 Å². The Labute approximate surface area is 104 Å². The Kier molecular flexibility index (Phi) is 3.32. The zero-order valence-corrected chi connectivity index (χ0v) is 10.2. The molecule has 2 aromatic rings. The molecule has 0 unspecified atom stereocenters. The van der Waals surface area contributed by atoms with Gasteiger partial charge in [0.05, 0.1) is 10.7 Å². The van der Waals surface area contributed by atoms with Crippen LogP contribution in [-0.2, 0) is 0 Å². The molecule has 16 heavy (non-hydrogen) atoms. The van der Waals surface area contributed by atoms with E-state index in [1.54, 1.807) is 18.3 Å². The number of aryl methyl sites for hydroxylation is 1. The van der Waals surface area contributed by atoms with Gasteiger partial charge in [-0.25, -0.2) is 4.98 Å². The summed E-state index contributed by atoms with van der Waals surface area (Å²) in [5.74, 6) is 0.798. The Morgan fingerprint density at radius 3 is 2.69 bits per heavy atom. The van der Waals surface area contributed by atoms with E-state index in [0.29, 0.717) is 10.0 Å². The largest absolute Gasteiger partial charge is 0.339 e. The third kappa shape index (κ3) is 2.46. The molecule has 0 saturated heterocycles. The summed E-state index contributed by atoms with van der Waals surface area (Å²) >= 11 is 11.9. The first kappa shape index (κ1) is 11.2. The fourth-order valence-electron chi connectivity index (χ4n) is 1.33. The molecule has 0 aliphatic carbocycles. The summed E-state index contributed by atoms with van der Waals surface area (Å²) in [5.41, 5.74) is 1.86. The third-order valence-corrected chi connectivity index (χ3v) is 2.74. The van der Waals surface area contributed by atoms with Crippen molar-refractivity contribution in [2.75, 3.05) is 5.32 Å². The van der Waals surface area contributed by atoms with E-state index in [1.165, 1.54) is 0 Å². The van der Waals surface area contributed by atoms with Gasteiger partial charge in [0.15, 0.2) is 0 Å². The summed E-state index contributed by atoms with van der Waals surface area (Å²) in [4.78, 5) is 4.23. The van der Waals surface area contributed by atoms with Gasteiger partial charge >= 0.3 is 0 Å². The van der Waals surface area contributed by atoms with Crippen LogP contribution >= 0.6 is 23.2 Å². The van der Waals surface area contributed by atoms with E-state index in [0.717, 1.165) is 17.1 Å². The molecule has 0 bridgehead atoms. The van der Waals surface area contributed by atoms with E-state index >= 15 is 0 Å². The van der Waals surface area contributed by atoms with Crippen molar-refractivity contribution in [2.45, 2.75) is 6.92 Å². The van der Waals surface area contributed by atoms with Crippen LogP contribution in [0.4, 0.5) is 11.5 Å². The Bertz CT molecular complexity index is 512. The molecular weight excluding hydrogens is 243 g/mol. The van der Waals surface area contributed by atoms with Crippen LogP contribution in [0.25, 0.3) is 0 Å². The highest BCUT2D eigenvalue weighted by Crippen LogP contribution is 2.28. The number of pyridine rings is 1. The molecule has 4 heteroatoms. The molecule has 1 N–H and O–H groups in total. The van der Waals surface area contributed by atoms with Crippen LogP contribution in [0, 0.1) is 6.92 Å². The summed E-state index contributed by atoms with van der Waals surface area (Å²) in [6.07, 6.45) is 1.74. The average molecular weight is 253 g/mol. The van der Waals surface area contributed by atoms with Crippen LogP contribution in [0.15, 0.2) is 36.5 Å². The van der Waals surface area contributed by atoms with Crippen LogP contribution < -0.4 is 5.32 Å². The van der Waals surface area contributed by atoms with Crippen LogP contribution in [0.2, 0.25) is 10.0 Å². The predicted molar refractivity (Wildman–Crippen MR) is 68.7 cm³/mol. The summed E-state index contributed by atoms with van der Waals surface area (Å²) in [5, 5.41) is 4.37. The van der Waals surface area contributed by atoms with Crippen LogP contribution in [0.3, 0.4) is 0 Å². The van der Waals surface area contributed by atoms with Gasteiger partial charge in [-0.3, -0.25) is 0 Å². The van der Waals surface area contributed by atoms with Crippen LogP contribution in [0.1, 0.15) is 5.56 Å². The first-order valence-electron chi connectivity index (χ1n) is 4.80. The molecule has 0 fully saturated rings. The van der Waals surface area contributed by atoms with Crippen molar-refractivity contribution < 1.29 is 0 Å². The van der Waals surface area contributed by atoms with Gasteiger partial charge in [-0.05, 0) is 36.8 Å². The highest BCUT2D eigenvalue weighted by atomic mass is 35.5. The van der Waals surface area contributed by atoms with E-state index in [2.05, 4.69) is 10.3 Å². The number of benzene rings is 1. The minimum atomic E-state index is 0.581. The second-order valence-corrected chi connectivity index (χ2v) is 4.26. The third-order valence-electron chi connectivity index (χ3n) is 2.19. The average Bonchev–Trinajstić information content (AvgIpc) is 2.25. The Morgan fingerprint density at radius 2 is 2.00 bits per heavy atom. The highest BCUT2D eigenvalue weighted by Gasteiger charge is 2.03. The van der Waals surface area contributed by atoms with Crippen molar-refractivity contribution in [1.29, 1.82) is 0 Å². The van der Waals surface area contributed by atoms with Gasteiger partial charge in [-0.1, -0.05) is 29.3 Å². The molecule has 0 saturated carbocycles. The molecule has 2 rings (SSSR count). The van der Waals surface area contributed by atoms with E-state index in [4.69, 9.17) is 23.2 Å². The molecule has 1 aromatic carbocycles. The van der Waals surface area contributed by atoms with Crippen molar-refractivity contribution in [1.82, 2.24) is 4.98 Å². The van der Waals surface area contributed by atoms with Gasteiger partial charge < -0.3 is 5.32 Å². The Morgan fingerprint density at radius 1 is 1.19 bits per heavy atom. The quantitative estimate of drug-likeness (QED) is 0.855. The monoisotopic (exact) mass is 252 g/mol. The molecule has 2 nitrogen and oxygen atoms in total. The minimum Gasteiger partial charge on any atom is -0.339 e. The topological polar surface area (TPSA) is 24.9 Å². The first-order chi connectivity index (χ1) is 7.66. The molecule has 0 aliphatic heterocycles. The van der Waals surface area contributed by atoms with Gasteiger partial charge in [-0.15, -0.1) is 0 Å². The summed E-state index contributed by atoms with van der Waals surface area (Å²) in [7, 11) is 0. The zero-order valence-electron chi connectivity index (χ0n) is 8.67. The zero-order chi connectivity index (χ0) is 11.5. The summed E-state index contributed by atoms with van der Waals surface area (Å²) in [6, 6.07) is 9.19. The smallest absolute Gasteiger partial charge is 0.133 e. The Hall–Kier alpha value is -1.25. The maximum absolute atomic E-state index is 6.06. The fraction of sp³-hybridized carbons (Fsp3) is 0.0833. The van der Waals surface area contributed by atoms with Gasteiger partial charge in [-0.2, -0.15) is 0 Å². The van der Waals surface area contributed by atoms with Gasteiger partial charge in [0.1, 0.15) is 5.82 Å². The molecule has 0 spiro atoms. The fourth-order valence-corrected chi connectivity index (χ4v) is 1.79. The van der Waals surface area contributed by atoms with Crippen molar-refractivity contribution in [2.24, 2.45) is 0 Å². The number of hydrogen-bond acceptors (Lipinski definition) is 2. The molecule has 0 atom stereocenters. The van der Waals surface area contributed by atoms with Gasteiger partial charge in [0, 0.05) is 11.2 Å². The Balaban J connectivity index is 2.31. The summed E-state index contributed by atoms with van der Waals surface area (Å²) in [6.45, 7) is 1.99. The second-order valence-electron chi connectivity index (χ2n) is 3.42. The molecular formula is C12H10Cl2N2. The number of halogens is 2. The van der Waals surface area contributed by atoms with Gasteiger partial charge in [0.25, 0.3) is 0 Å².